The van der Waals surface area contributed by atoms with Gasteiger partial charge in [0.2, 0.25) is 0 Å². The molecule has 1 unspecified atom stereocenters. The van der Waals surface area contributed by atoms with Gasteiger partial charge in [-0.3, -0.25) is 0 Å². The highest BCUT2D eigenvalue weighted by Crippen LogP contribution is 2.30. The molecule has 0 saturated heterocycles. The Morgan fingerprint density at radius 3 is 2.84 bits per heavy atom. The van der Waals surface area contributed by atoms with Crippen LogP contribution in [0.25, 0.3) is 11.4 Å². The molecule has 2 rings (SSSR count). The number of hydrogen-bond donors (Lipinski definition) is 1. The standard InChI is InChI=1S/C11H11BrN4O3/c1-6(11(17)18)16-10(13-14-15-16)7-3-4-9(19-2)8(12)5-7/h3-6H,1-2H3,(H,17,18). The molecule has 7 nitrogen and oxygen atoms in total. The molecular weight excluding hydrogens is 316 g/mol. The van der Waals surface area contributed by atoms with Crippen LogP contribution in [0.4, 0.5) is 0 Å². The first-order valence-electron chi connectivity index (χ1n) is 5.39. The van der Waals surface area contributed by atoms with Gasteiger partial charge in [0.1, 0.15) is 5.75 Å². The van der Waals surface area contributed by atoms with Gasteiger partial charge in [0.15, 0.2) is 11.9 Å². The van der Waals surface area contributed by atoms with E-state index in [1.165, 1.54) is 11.6 Å². The van der Waals surface area contributed by atoms with E-state index in [1.54, 1.807) is 25.3 Å². The zero-order valence-electron chi connectivity index (χ0n) is 10.2. The highest BCUT2D eigenvalue weighted by atomic mass is 79.9. The van der Waals surface area contributed by atoms with E-state index in [9.17, 15) is 4.79 Å². The highest BCUT2D eigenvalue weighted by Gasteiger charge is 2.20. The summed E-state index contributed by atoms with van der Waals surface area (Å²) in [6.07, 6.45) is 0. The van der Waals surface area contributed by atoms with Crippen molar-refractivity contribution in [1.29, 1.82) is 0 Å². The average Bonchev–Trinajstić information content (AvgIpc) is 2.86. The first-order chi connectivity index (χ1) is 9.04. The third kappa shape index (κ3) is 2.58. The second-order valence-electron chi connectivity index (χ2n) is 3.81. The van der Waals surface area contributed by atoms with Gasteiger partial charge in [-0.2, -0.15) is 0 Å². The van der Waals surface area contributed by atoms with Crippen molar-refractivity contribution >= 4 is 21.9 Å². The third-order valence-electron chi connectivity index (χ3n) is 2.63. The molecule has 1 atom stereocenters. The van der Waals surface area contributed by atoms with E-state index in [0.29, 0.717) is 17.1 Å². The summed E-state index contributed by atoms with van der Waals surface area (Å²) in [7, 11) is 1.57. The number of aliphatic carboxylic acids is 1. The maximum Gasteiger partial charge on any atom is 0.328 e. The zero-order chi connectivity index (χ0) is 14.0. The number of rotatable bonds is 4. The van der Waals surface area contributed by atoms with E-state index in [4.69, 9.17) is 9.84 Å². The first kappa shape index (κ1) is 13.5. The fraction of sp³-hybridized carbons (Fsp3) is 0.273. The molecule has 0 amide bonds. The Labute approximate surface area is 117 Å². The van der Waals surface area contributed by atoms with Crippen LogP contribution in [0.2, 0.25) is 0 Å². The molecule has 0 bridgehead atoms. The van der Waals surface area contributed by atoms with Crippen LogP contribution in [-0.4, -0.2) is 38.4 Å². The second kappa shape index (κ2) is 5.35. The van der Waals surface area contributed by atoms with Gasteiger partial charge in [-0.25, -0.2) is 9.48 Å². The van der Waals surface area contributed by atoms with Crippen molar-refractivity contribution in [2.45, 2.75) is 13.0 Å². The van der Waals surface area contributed by atoms with Crippen LogP contribution in [0, 0.1) is 0 Å². The summed E-state index contributed by atoms with van der Waals surface area (Å²) in [6, 6.07) is 4.45. The zero-order valence-corrected chi connectivity index (χ0v) is 11.8. The molecule has 0 aliphatic carbocycles. The van der Waals surface area contributed by atoms with Crippen molar-refractivity contribution in [3.05, 3.63) is 22.7 Å². The van der Waals surface area contributed by atoms with Gasteiger partial charge in [-0.15, -0.1) is 5.10 Å². The first-order valence-corrected chi connectivity index (χ1v) is 6.18. The van der Waals surface area contributed by atoms with Crippen molar-refractivity contribution in [3.8, 4) is 17.1 Å². The van der Waals surface area contributed by atoms with Crippen LogP contribution in [0.5, 0.6) is 5.75 Å². The Bertz CT molecular complexity index is 614. The summed E-state index contributed by atoms with van der Waals surface area (Å²) in [6.45, 7) is 1.51. The monoisotopic (exact) mass is 326 g/mol. The molecule has 0 radical (unpaired) electrons. The van der Waals surface area contributed by atoms with Gasteiger partial charge in [0, 0.05) is 5.56 Å². The number of carboxylic acids is 1. The maximum atomic E-state index is 11.0. The molecule has 19 heavy (non-hydrogen) atoms. The number of methoxy groups -OCH3 is 1. The van der Waals surface area contributed by atoms with E-state index >= 15 is 0 Å². The van der Waals surface area contributed by atoms with Gasteiger partial charge < -0.3 is 9.84 Å². The smallest absolute Gasteiger partial charge is 0.328 e. The molecule has 0 aliphatic rings. The molecule has 100 valence electrons. The lowest BCUT2D eigenvalue weighted by Gasteiger charge is -2.09. The van der Waals surface area contributed by atoms with Crippen LogP contribution < -0.4 is 4.74 Å². The SMILES string of the molecule is COc1ccc(-c2nnnn2C(C)C(=O)O)cc1Br. The maximum absolute atomic E-state index is 11.0. The Kier molecular flexibility index (Phi) is 3.79. The quantitative estimate of drug-likeness (QED) is 0.920. The molecule has 1 aromatic carbocycles. The Hall–Kier alpha value is -1.96. The number of benzene rings is 1. The molecule has 0 spiro atoms. The van der Waals surface area contributed by atoms with Crippen LogP contribution in [0.15, 0.2) is 22.7 Å². The van der Waals surface area contributed by atoms with Crippen molar-refractivity contribution in [3.63, 3.8) is 0 Å². The lowest BCUT2D eigenvalue weighted by molar-refractivity contribution is -0.140. The number of ether oxygens (including phenoxy) is 1. The normalized spacial score (nSPS) is 12.2. The number of tetrazole rings is 1. The number of hydrogen-bond acceptors (Lipinski definition) is 5. The molecule has 1 heterocycles. The molecule has 1 aromatic heterocycles. The number of carbonyl (C=O) groups is 1. The molecular formula is C11H11BrN4O3. The predicted octanol–water partition coefficient (Wildman–Crippen LogP) is 1.76. The van der Waals surface area contributed by atoms with Crippen LogP contribution >= 0.6 is 15.9 Å². The Morgan fingerprint density at radius 1 is 1.53 bits per heavy atom. The molecule has 0 saturated carbocycles. The van der Waals surface area contributed by atoms with Crippen molar-refractivity contribution in [1.82, 2.24) is 20.2 Å². The van der Waals surface area contributed by atoms with Gasteiger partial charge in [-0.1, -0.05) is 0 Å². The Morgan fingerprint density at radius 2 is 2.26 bits per heavy atom. The van der Waals surface area contributed by atoms with Crippen LogP contribution in [-0.2, 0) is 4.79 Å². The predicted molar refractivity (Wildman–Crippen MR) is 69.9 cm³/mol. The van der Waals surface area contributed by atoms with E-state index in [-0.39, 0.29) is 0 Å². The second-order valence-corrected chi connectivity index (χ2v) is 4.66. The molecule has 1 N–H and O–H groups in total. The van der Waals surface area contributed by atoms with Crippen LogP contribution in [0.1, 0.15) is 13.0 Å². The van der Waals surface area contributed by atoms with E-state index < -0.39 is 12.0 Å². The average molecular weight is 327 g/mol. The minimum absolute atomic E-state index is 0.387. The summed E-state index contributed by atoms with van der Waals surface area (Å²) >= 11 is 3.36. The summed E-state index contributed by atoms with van der Waals surface area (Å²) in [5, 5.41) is 20.1. The summed E-state index contributed by atoms with van der Waals surface area (Å²) in [5.41, 5.74) is 0.700. The van der Waals surface area contributed by atoms with Gasteiger partial charge in [-0.05, 0) is 51.5 Å². The Balaban J connectivity index is 2.45. The van der Waals surface area contributed by atoms with Gasteiger partial charge >= 0.3 is 5.97 Å². The minimum Gasteiger partial charge on any atom is -0.496 e. The highest BCUT2D eigenvalue weighted by molar-refractivity contribution is 9.10. The fourth-order valence-electron chi connectivity index (χ4n) is 1.55. The van der Waals surface area contributed by atoms with E-state index in [1.807, 2.05) is 0 Å². The largest absolute Gasteiger partial charge is 0.496 e. The minimum atomic E-state index is -0.999. The van der Waals surface area contributed by atoms with E-state index in [2.05, 4.69) is 31.5 Å². The van der Waals surface area contributed by atoms with E-state index in [0.717, 1.165) is 4.47 Å². The molecule has 2 aromatic rings. The lowest BCUT2D eigenvalue weighted by Crippen LogP contribution is -2.18. The van der Waals surface area contributed by atoms with Crippen molar-refractivity contribution < 1.29 is 14.6 Å². The van der Waals surface area contributed by atoms with Gasteiger partial charge in [0.25, 0.3) is 0 Å². The van der Waals surface area contributed by atoms with Crippen molar-refractivity contribution in [2.75, 3.05) is 7.11 Å². The fourth-order valence-corrected chi connectivity index (χ4v) is 2.10. The molecule has 0 aliphatic heterocycles. The summed E-state index contributed by atoms with van der Waals surface area (Å²) < 4.78 is 7.14. The number of carboxylic acid groups (broad SMARTS) is 1. The number of nitrogens with zero attached hydrogens (tertiary/aromatic N) is 4. The summed E-state index contributed by atoms with van der Waals surface area (Å²) in [4.78, 5) is 11.0. The molecule has 8 heteroatoms. The van der Waals surface area contributed by atoms with Crippen LogP contribution in [0.3, 0.4) is 0 Å². The number of halogens is 1. The van der Waals surface area contributed by atoms with Gasteiger partial charge in [0.05, 0.1) is 11.6 Å². The molecule has 0 fully saturated rings. The van der Waals surface area contributed by atoms with Crippen molar-refractivity contribution in [2.24, 2.45) is 0 Å². The third-order valence-corrected chi connectivity index (χ3v) is 3.25. The summed E-state index contributed by atoms with van der Waals surface area (Å²) in [5.74, 6) is 0.0634. The lowest BCUT2D eigenvalue weighted by atomic mass is 10.2. The number of aromatic nitrogens is 4. The topological polar surface area (TPSA) is 90.1 Å².